The summed E-state index contributed by atoms with van der Waals surface area (Å²) in [6, 6.07) is 13.3. The SMILES string of the molecule is COCCN1CC(NC(=O)Nc2c(C)c(-c3cnn(C4CC4)c3)nn2-c2ccccc2)C(c2ccc(F)c(F)c2)C1. The Hall–Kier alpha value is -4.09. The number of rotatable bonds is 9. The molecule has 1 saturated carbocycles. The average molecular weight is 562 g/mol. The molecule has 1 aliphatic carbocycles. The van der Waals surface area contributed by atoms with Crippen LogP contribution < -0.4 is 10.6 Å². The number of benzene rings is 2. The smallest absolute Gasteiger partial charge is 0.320 e. The number of aromatic nitrogens is 4. The molecule has 2 aromatic carbocycles. The monoisotopic (exact) mass is 561 g/mol. The Labute approximate surface area is 237 Å². The number of carbonyl (C=O) groups is 1. The zero-order valence-corrected chi connectivity index (χ0v) is 23.1. The van der Waals surface area contributed by atoms with Crippen LogP contribution in [0.4, 0.5) is 19.4 Å². The summed E-state index contributed by atoms with van der Waals surface area (Å²) in [6.07, 6.45) is 6.07. The second-order valence-electron chi connectivity index (χ2n) is 10.7. The van der Waals surface area contributed by atoms with Crippen molar-refractivity contribution in [1.29, 1.82) is 0 Å². The Morgan fingerprint density at radius 1 is 1.10 bits per heavy atom. The van der Waals surface area contributed by atoms with E-state index >= 15 is 0 Å². The van der Waals surface area contributed by atoms with Crippen LogP contribution in [-0.4, -0.2) is 69.9 Å². The summed E-state index contributed by atoms with van der Waals surface area (Å²) in [7, 11) is 1.63. The number of likely N-dealkylation sites (tertiary alicyclic amines) is 1. The molecule has 2 aromatic heterocycles. The molecule has 9 nitrogen and oxygen atoms in total. The lowest BCUT2D eigenvalue weighted by Crippen LogP contribution is -2.42. The van der Waals surface area contributed by atoms with Crippen LogP contribution in [0.3, 0.4) is 0 Å². The van der Waals surface area contributed by atoms with Crippen molar-refractivity contribution in [3.63, 3.8) is 0 Å². The first kappa shape index (κ1) is 27.1. The molecule has 0 bridgehead atoms. The largest absolute Gasteiger partial charge is 0.383 e. The van der Waals surface area contributed by atoms with E-state index in [0.717, 1.165) is 41.4 Å². The molecule has 41 heavy (non-hydrogen) atoms. The van der Waals surface area contributed by atoms with E-state index < -0.39 is 17.7 Å². The number of halogens is 2. The van der Waals surface area contributed by atoms with E-state index in [-0.39, 0.29) is 12.0 Å². The van der Waals surface area contributed by atoms with Crippen LogP contribution in [0.5, 0.6) is 0 Å². The predicted molar refractivity (Wildman–Crippen MR) is 151 cm³/mol. The van der Waals surface area contributed by atoms with Gasteiger partial charge in [0.2, 0.25) is 0 Å². The number of nitrogens with one attached hydrogen (secondary N) is 2. The number of methoxy groups -OCH3 is 1. The van der Waals surface area contributed by atoms with Crippen molar-refractivity contribution in [3.05, 3.63) is 83.7 Å². The van der Waals surface area contributed by atoms with Crippen LogP contribution in [0.1, 0.15) is 35.9 Å². The predicted octanol–water partition coefficient (Wildman–Crippen LogP) is 4.89. The number of nitrogens with zero attached hydrogens (tertiary/aromatic N) is 5. The highest BCUT2D eigenvalue weighted by Crippen LogP contribution is 2.36. The second kappa shape index (κ2) is 11.4. The fourth-order valence-electron chi connectivity index (χ4n) is 5.50. The Morgan fingerprint density at radius 2 is 1.90 bits per heavy atom. The van der Waals surface area contributed by atoms with Crippen LogP contribution in [0.2, 0.25) is 0 Å². The van der Waals surface area contributed by atoms with Gasteiger partial charge in [-0.05, 0) is 49.6 Å². The number of amides is 2. The highest BCUT2D eigenvalue weighted by molar-refractivity contribution is 5.91. The fourth-order valence-corrected chi connectivity index (χ4v) is 5.50. The highest BCUT2D eigenvalue weighted by Gasteiger charge is 2.35. The fraction of sp³-hybridized carbons (Fsp3) is 0.367. The van der Waals surface area contributed by atoms with Gasteiger partial charge in [0.1, 0.15) is 11.5 Å². The van der Waals surface area contributed by atoms with Crippen LogP contribution >= 0.6 is 0 Å². The van der Waals surface area contributed by atoms with Crippen molar-refractivity contribution in [2.45, 2.75) is 37.8 Å². The van der Waals surface area contributed by atoms with E-state index in [1.165, 1.54) is 6.07 Å². The third-order valence-electron chi connectivity index (χ3n) is 7.85. The van der Waals surface area contributed by atoms with Gasteiger partial charge in [0, 0.05) is 50.0 Å². The van der Waals surface area contributed by atoms with Crippen LogP contribution in [0.25, 0.3) is 16.9 Å². The maximum atomic E-state index is 14.1. The molecule has 2 N–H and O–H groups in total. The minimum Gasteiger partial charge on any atom is -0.383 e. The Kier molecular flexibility index (Phi) is 7.55. The summed E-state index contributed by atoms with van der Waals surface area (Å²) in [6.45, 7) is 4.24. The van der Waals surface area contributed by atoms with E-state index in [1.54, 1.807) is 17.9 Å². The quantitative estimate of drug-likeness (QED) is 0.304. The van der Waals surface area contributed by atoms with Gasteiger partial charge in [-0.15, -0.1) is 0 Å². The van der Waals surface area contributed by atoms with Gasteiger partial charge in [-0.1, -0.05) is 24.3 Å². The number of hydrogen-bond acceptors (Lipinski definition) is 5. The summed E-state index contributed by atoms with van der Waals surface area (Å²) >= 11 is 0. The molecule has 4 aromatic rings. The zero-order valence-electron chi connectivity index (χ0n) is 23.1. The molecule has 0 radical (unpaired) electrons. The van der Waals surface area contributed by atoms with Gasteiger partial charge < -0.3 is 10.1 Å². The summed E-state index contributed by atoms with van der Waals surface area (Å²) < 4.78 is 36.7. The second-order valence-corrected chi connectivity index (χ2v) is 10.7. The minimum absolute atomic E-state index is 0.225. The van der Waals surface area contributed by atoms with Crippen molar-refractivity contribution >= 4 is 11.8 Å². The standard InChI is InChI=1S/C30H33F2N7O2/c1-19-28(21-15-33-38(16-21)22-9-10-22)36-39(23-6-4-3-5-7-23)29(19)35-30(40)34-27-18-37(12-13-41-2)17-24(27)20-8-11-25(31)26(32)14-20/h3-8,11,14-16,22,24,27H,9-10,12-13,17-18H2,1-2H3,(H2,34,35,40). The minimum atomic E-state index is -0.902. The third-order valence-corrected chi connectivity index (χ3v) is 7.85. The van der Waals surface area contributed by atoms with E-state index in [9.17, 15) is 13.6 Å². The maximum absolute atomic E-state index is 14.1. The van der Waals surface area contributed by atoms with E-state index in [1.807, 2.05) is 54.3 Å². The van der Waals surface area contributed by atoms with Crippen molar-refractivity contribution in [2.24, 2.45) is 0 Å². The molecule has 2 unspecified atom stereocenters. The molecule has 2 aliphatic rings. The van der Waals surface area contributed by atoms with E-state index in [0.29, 0.717) is 43.7 Å². The van der Waals surface area contributed by atoms with Crippen LogP contribution in [0, 0.1) is 18.6 Å². The van der Waals surface area contributed by atoms with Gasteiger partial charge >= 0.3 is 6.03 Å². The Morgan fingerprint density at radius 3 is 2.63 bits per heavy atom. The third kappa shape index (κ3) is 5.73. The lowest BCUT2D eigenvalue weighted by Gasteiger charge is -2.21. The van der Waals surface area contributed by atoms with Gasteiger partial charge in [-0.3, -0.25) is 14.9 Å². The first-order valence-corrected chi connectivity index (χ1v) is 13.8. The zero-order chi connectivity index (χ0) is 28.5. The molecule has 1 saturated heterocycles. The molecule has 2 atom stereocenters. The summed E-state index contributed by atoms with van der Waals surface area (Å²) in [5.74, 6) is -1.48. The van der Waals surface area contributed by atoms with Gasteiger partial charge in [-0.2, -0.15) is 10.2 Å². The molecule has 6 rings (SSSR count). The van der Waals surface area contributed by atoms with Gasteiger partial charge in [-0.25, -0.2) is 18.3 Å². The average Bonchev–Trinajstić information content (AvgIpc) is 3.43. The van der Waals surface area contributed by atoms with E-state index in [4.69, 9.17) is 9.84 Å². The van der Waals surface area contributed by atoms with Gasteiger partial charge in [0.15, 0.2) is 11.6 Å². The van der Waals surface area contributed by atoms with Crippen molar-refractivity contribution in [1.82, 2.24) is 29.8 Å². The lowest BCUT2D eigenvalue weighted by atomic mass is 9.94. The molecule has 2 fully saturated rings. The Balaban J connectivity index is 1.27. The number of ether oxygens (including phenoxy) is 1. The number of carbonyl (C=O) groups excluding carboxylic acids is 1. The van der Waals surface area contributed by atoms with Crippen molar-refractivity contribution < 1.29 is 18.3 Å². The first-order chi connectivity index (χ1) is 19.9. The van der Waals surface area contributed by atoms with Crippen LogP contribution in [-0.2, 0) is 4.74 Å². The van der Waals surface area contributed by atoms with Crippen LogP contribution in [0.15, 0.2) is 60.9 Å². The van der Waals surface area contributed by atoms with Crippen molar-refractivity contribution in [2.75, 3.05) is 38.7 Å². The molecule has 2 amide bonds. The maximum Gasteiger partial charge on any atom is 0.320 e. The molecule has 214 valence electrons. The number of para-hydroxylation sites is 1. The number of urea groups is 1. The van der Waals surface area contributed by atoms with Gasteiger partial charge in [0.25, 0.3) is 0 Å². The van der Waals surface area contributed by atoms with Crippen molar-refractivity contribution in [3.8, 4) is 16.9 Å². The Bertz CT molecular complexity index is 1530. The molecular weight excluding hydrogens is 528 g/mol. The van der Waals surface area contributed by atoms with Gasteiger partial charge in [0.05, 0.1) is 30.6 Å². The lowest BCUT2D eigenvalue weighted by molar-refractivity contribution is 0.159. The molecule has 11 heteroatoms. The topological polar surface area (TPSA) is 89.2 Å². The highest BCUT2D eigenvalue weighted by atomic mass is 19.2. The molecular formula is C30H33F2N7O2. The van der Waals surface area contributed by atoms with E-state index in [2.05, 4.69) is 20.6 Å². The molecule has 3 heterocycles. The number of anilines is 1. The first-order valence-electron chi connectivity index (χ1n) is 13.8. The molecule has 1 aliphatic heterocycles. The molecule has 0 spiro atoms. The summed E-state index contributed by atoms with van der Waals surface area (Å²) in [5, 5.41) is 15.5. The summed E-state index contributed by atoms with van der Waals surface area (Å²) in [4.78, 5) is 15.7. The number of hydrogen-bond donors (Lipinski definition) is 2. The normalized spacial score (nSPS) is 19.0. The summed E-state index contributed by atoms with van der Waals surface area (Å²) in [5.41, 5.74) is 3.87.